The van der Waals surface area contributed by atoms with Gasteiger partial charge in [0.15, 0.2) is 11.5 Å². The highest BCUT2D eigenvalue weighted by Gasteiger charge is 2.35. The number of halogens is 3. The van der Waals surface area contributed by atoms with E-state index >= 15 is 0 Å². The first-order chi connectivity index (χ1) is 18.6. The summed E-state index contributed by atoms with van der Waals surface area (Å²) in [6.07, 6.45) is -3.12. The van der Waals surface area contributed by atoms with Gasteiger partial charge in [0.05, 0.1) is 19.2 Å². The van der Waals surface area contributed by atoms with E-state index in [9.17, 15) is 22.8 Å². The van der Waals surface area contributed by atoms with Gasteiger partial charge in [-0.15, -0.1) is 0 Å². The average Bonchev–Trinajstić information content (AvgIpc) is 3.35. The van der Waals surface area contributed by atoms with E-state index in [0.717, 1.165) is 6.07 Å². The zero-order chi connectivity index (χ0) is 27.9. The maximum atomic E-state index is 13.3. The summed E-state index contributed by atoms with van der Waals surface area (Å²) in [5, 5.41) is 3.11. The molecule has 0 aliphatic carbocycles. The first kappa shape index (κ1) is 26.1. The molecule has 4 heterocycles. The van der Waals surface area contributed by atoms with Crippen LogP contribution in [0.3, 0.4) is 0 Å². The molecule has 1 aliphatic heterocycles. The second kappa shape index (κ2) is 9.98. The summed E-state index contributed by atoms with van der Waals surface area (Å²) in [5.41, 5.74) is 5.49. The van der Waals surface area contributed by atoms with Crippen molar-refractivity contribution < 1.29 is 31.9 Å². The molecule has 1 fully saturated rings. The number of ether oxygens (including phenoxy) is 1. The number of hydrogen-bond acceptors (Lipinski definition) is 8. The molecule has 0 spiro atoms. The number of hydrogen-bond donors (Lipinski definition) is 2. The minimum Gasteiger partial charge on any atom is -0.494 e. The van der Waals surface area contributed by atoms with Gasteiger partial charge < -0.3 is 25.1 Å². The van der Waals surface area contributed by atoms with E-state index in [0.29, 0.717) is 11.3 Å². The second-order valence-corrected chi connectivity index (χ2v) is 9.02. The van der Waals surface area contributed by atoms with Crippen molar-refractivity contribution in [2.45, 2.75) is 25.2 Å². The molecule has 5 rings (SSSR count). The highest BCUT2D eigenvalue weighted by Crippen LogP contribution is 2.37. The summed E-state index contributed by atoms with van der Waals surface area (Å²) in [7, 11) is 1.32. The minimum atomic E-state index is -4.65. The summed E-state index contributed by atoms with van der Waals surface area (Å²) in [5.74, 6) is -0.571. The topological polar surface area (TPSA) is 136 Å². The van der Waals surface area contributed by atoms with Gasteiger partial charge in [0.2, 0.25) is 5.89 Å². The Labute approximate surface area is 220 Å². The fourth-order valence-corrected chi connectivity index (χ4v) is 4.26. The molecule has 1 atom stereocenters. The summed E-state index contributed by atoms with van der Waals surface area (Å²) in [6, 6.07) is 9.11. The van der Waals surface area contributed by atoms with E-state index in [-0.39, 0.29) is 59.0 Å². The summed E-state index contributed by atoms with van der Waals surface area (Å²) in [6.45, 7) is 2.19. The van der Waals surface area contributed by atoms with Crippen LogP contribution < -0.4 is 15.8 Å². The minimum absolute atomic E-state index is 0.0118. The fraction of sp³-hybridized carbons (Fsp3) is 0.269. The van der Waals surface area contributed by atoms with Crippen molar-refractivity contribution >= 4 is 22.7 Å². The Morgan fingerprint density at radius 3 is 2.56 bits per heavy atom. The molecule has 13 heteroatoms. The van der Waals surface area contributed by atoms with Gasteiger partial charge in [0.25, 0.3) is 11.8 Å². The van der Waals surface area contributed by atoms with Crippen molar-refractivity contribution in [2.24, 2.45) is 5.73 Å². The van der Waals surface area contributed by atoms with E-state index in [1.165, 1.54) is 25.4 Å². The molecular weight excluding hydrogens is 517 g/mol. The van der Waals surface area contributed by atoms with Crippen molar-refractivity contribution in [3.63, 3.8) is 0 Å². The van der Waals surface area contributed by atoms with Crippen molar-refractivity contribution in [3.05, 3.63) is 71.5 Å². The Morgan fingerprint density at radius 2 is 1.92 bits per heavy atom. The lowest BCUT2D eigenvalue weighted by Crippen LogP contribution is -2.61. The van der Waals surface area contributed by atoms with Crippen molar-refractivity contribution in [3.8, 4) is 17.2 Å². The van der Waals surface area contributed by atoms with Crippen molar-refractivity contribution in [2.75, 3.05) is 20.2 Å². The van der Waals surface area contributed by atoms with Crippen LogP contribution in [0.2, 0.25) is 0 Å². The van der Waals surface area contributed by atoms with E-state index in [2.05, 4.69) is 20.3 Å². The monoisotopic (exact) mass is 540 g/mol. The van der Waals surface area contributed by atoms with Crippen LogP contribution in [0.25, 0.3) is 22.4 Å². The predicted molar refractivity (Wildman–Crippen MR) is 133 cm³/mol. The van der Waals surface area contributed by atoms with Crippen molar-refractivity contribution in [1.82, 2.24) is 25.2 Å². The molecule has 2 amide bonds. The van der Waals surface area contributed by atoms with Crippen LogP contribution in [0, 0.1) is 0 Å². The molecule has 1 saturated heterocycles. The SMILES string of the molecule is COc1ccc(-c2nc(C(=O)NC3CN(C(=O)c4ccccn4)C3)c([C@H](C)N)o2)c2ccc(C(F)(F)F)nc12. The number of nitrogens with zero attached hydrogens (tertiary/aromatic N) is 4. The van der Waals surface area contributed by atoms with Crippen LogP contribution >= 0.6 is 0 Å². The summed E-state index contributed by atoms with van der Waals surface area (Å²) in [4.78, 5) is 39.3. The van der Waals surface area contributed by atoms with Crippen LogP contribution in [0.15, 0.2) is 53.1 Å². The lowest BCUT2D eigenvalue weighted by Gasteiger charge is -2.39. The number of amides is 2. The first-order valence-corrected chi connectivity index (χ1v) is 11.9. The van der Waals surface area contributed by atoms with Gasteiger partial charge in [-0.1, -0.05) is 6.07 Å². The Balaban J connectivity index is 1.40. The molecule has 39 heavy (non-hydrogen) atoms. The average molecular weight is 541 g/mol. The quantitative estimate of drug-likeness (QED) is 0.379. The van der Waals surface area contributed by atoms with Gasteiger partial charge in [-0.05, 0) is 43.3 Å². The molecule has 0 bridgehead atoms. The summed E-state index contributed by atoms with van der Waals surface area (Å²) < 4.78 is 50.9. The number of fused-ring (bicyclic) bond motifs is 1. The number of aromatic nitrogens is 3. The number of pyridine rings is 2. The fourth-order valence-electron chi connectivity index (χ4n) is 4.26. The van der Waals surface area contributed by atoms with Gasteiger partial charge in [-0.25, -0.2) is 9.97 Å². The van der Waals surface area contributed by atoms with Gasteiger partial charge in [0.1, 0.15) is 22.7 Å². The number of methoxy groups -OCH3 is 1. The molecule has 0 unspecified atom stereocenters. The van der Waals surface area contributed by atoms with Gasteiger partial charge in [0, 0.05) is 30.2 Å². The van der Waals surface area contributed by atoms with Crippen LogP contribution in [0.4, 0.5) is 13.2 Å². The number of oxazole rings is 1. The predicted octanol–water partition coefficient (Wildman–Crippen LogP) is 3.59. The number of carbonyl (C=O) groups excluding carboxylic acids is 2. The summed E-state index contributed by atoms with van der Waals surface area (Å²) >= 11 is 0. The highest BCUT2D eigenvalue weighted by atomic mass is 19.4. The molecular formula is C26H23F3N6O4. The van der Waals surface area contributed by atoms with E-state index in [4.69, 9.17) is 14.9 Å². The lowest BCUT2D eigenvalue weighted by atomic mass is 10.1. The maximum Gasteiger partial charge on any atom is 0.433 e. The van der Waals surface area contributed by atoms with E-state index < -0.39 is 23.8 Å². The first-order valence-electron chi connectivity index (χ1n) is 11.9. The highest BCUT2D eigenvalue weighted by molar-refractivity contribution is 5.98. The van der Waals surface area contributed by atoms with Crippen LogP contribution in [-0.2, 0) is 6.18 Å². The molecule has 1 aliphatic rings. The normalized spacial score (nSPS) is 14.7. The third-order valence-corrected chi connectivity index (χ3v) is 6.23. The van der Waals surface area contributed by atoms with Crippen LogP contribution in [0.1, 0.15) is 45.4 Å². The third-order valence-electron chi connectivity index (χ3n) is 6.23. The van der Waals surface area contributed by atoms with Gasteiger partial charge in [-0.2, -0.15) is 13.2 Å². The zero-order valence-electron chi connectivity index (χ0n) is 20.8. The molecule has 0 radical (unpaired) electrons. The largest absolute Gasteiger partial charge is 0.494 e. The molecule has 0 saturated carbocycles. The number of likely N-dealkylation sites (tertiary alicyclic amines) is 1. The zero-order valence-corrected chi connectivity index (χ0v) is 20.8. The maximum absolute atomic E-state index is 13.3. The Morgan fingerprint density at radius 1 is 1.15 bits per heavy atom. The molecule has 4 aromatic rings. The van der Waals surface area contributed by atoms with E-state index in [1.54, 1.807) is 36.1 Å². The Bertz CT molecular complexity index is 1550. The lowest BCUT2D eigenvalue weighted by molar-refractivity contribution is -0.140. The Hall–Kier alpha value is -4.52. The number of benzene rings is 1. The number of nitrogens with two attached hydrogens (primary N) is 1. The van der Waals surface area contributed by atoms with Crippen molar-refractivity contribution in [1.29, 1.82) is 0 Å². The second-order valence-electron chi connectivity index (χ2n) is 9.02. The van der Waals surface area contributed by atoms with Gasteiger partial charge in [-0.3, -0.25) is 14.6 Å². The number of alkyl halides is 3. The Kier molecular flexibility index (Phi) is 6.68. The van der Waals surface area contributed by atoms with Crippen LogP contribution in [-0.4, -0.2) is 57.9 Å². The third kappa shape index (κ3) is 5.00. The van der Waals surface area contributed by atoms with Crippen LogP contribution in [0.5, 0.6) is 5.75 Å². The standard InChI is InChI=1S/C26H23F3N6O4/c1-13(30)22-21(23(36)32-14-11-35(12-14)25(37)17-5-3-4-10-31-17)34-24(39-22)16-6-8-18(38-2)20-15(16)7-9-19(33-20)26(27,28)29/h3-10,13-14H,11-12,30H2,1-2H3,(H,32,36)/t13-/m0/s1. The molecule has 3 aromatic heterocycles. The number of carbonyl (C=O) groups is 2. The number of nitrogens with one attached hydrogen (secondary N) is 1. The molecule has 202 valence electrons. The smallest absolute Gasteiger partial charge is 0.433 e. The van der Waals surface area contributed by atoms with Gasteiger partial charge >= 0.3 is 6.18 Å². The molecule has 10 nitrogen and oxygen atoms in total. The molecule has 1 aromatic carbocycles. The van der Waals surface area contributed by atoms with E-state index in [1.807, 2.05) is 0 Å². The number of rotatable bonds is 6. The molecule has 3 N–H and O–H groups in total.